The van der Waals surface area contributed by atoms with Crippen LogP contribution in [-0.4, -0.2) is 36.3 Å². The van der Waals surface area contributed by atoms with Crippen LogP contribution < -0.4 is 4.90 Å². The van der Waals surface area contributed by atoms with Gasteiger partial charge in [-0.2, -0.15) is 0 Å². The summed E-state index contributed by atoms with van der Waals surface area (Å²) in [5, 5.41) is 2.33. The van der Waals surface area contributed by atoms with E-state index >= 15 is 0 Å². The fourth-order valence-corrected chi connectivity index (χ4v) is 5.09. The minimum atomic E-state index is 0.437. The lowest BCUT2D eigenvalue weighted by Gasteiger charge is -2.29. The summed E-state index contributed by atoms with van der Waals surface area (Å²) in [6.07, 6.45) is 0. The summed E-state index contributed by atoms with van der Waals surface area (Å²) in [4.78, 5) is 11.6. The van der Waals surface area contributed by atoms with Gasteiger partial charge in [-0.05, 0) is 59.0 Å². The van der Waals surface area contributed by atoms with Gasteiger partial charge < -0.3 is 9.64 Å². The highest BCUT2D eigenvalue weighted by molar-refractivity contribution is 14.1. The average Bonchev–Trinajstić information content (AvgIpc) is 2.68. The van der Waals surface area contributed by atoms with Crippen molar-refractivity contribution in [2.24, 2.45) is 0 Å². The summed E-state index contributed by atoms with van der Waals surface area (Å²) in [5.41, 5.74) is 1.12. The van der Waals surface area contributed by atoms with Gasteiger partial charge in [-0.1, -0.05) is 64.8 Å². The lowest BCUT2D eigenvalue weighted by Crippen LogP contribution is -2.36. The Morgan fingerprint density at radius 2 is 1.48 bits per heavy atom. The third kappa shape index (κ3) is 7.77. The molecule has 3 heterocycles. The molecule has 4 nitrogen and oxygen atoms in total. The second-order valence-electron chi connectivity index (χ2n) is 5.93. The first-order valence-corrected chi connectivity index (χ1v) is 11.7. The van der Waals surface area contributed by atoms with Crippen LogP contribution >= 0.6 is 69.2 Å². The molecule has 3 aromatic rings. The lowest BCUT2D eigenvalue weighted by molar-refractivity contribution is 0.122. The Morgan fingerprint density at radius 3 is 2.10 bits per heavy atom. The number of hydrogen-bond acceptors (Lipinski definition) is 5. The molecule has 0 unspecified atom stereocenters. The van der Waals surface area contributed by atoms with E-state index in [1.54, 1.807) is 23.9 Å². The first kappa shape index (κ1) is 22.9. The predicted octanol–water partition coefficient (Wildman–Crippen LogP) is 6.72. The van der Waals surface area contributed by atoms with Crippen LogP contribution in [0.15, 0.2) is 64.5 Å². The summed E-state index contributed by atoms with van der Waals surface area (Å²) in [6.45, 7) is 3.33. The van der Waals surface area contributed by atoms with Crippen LogP contribution in [0, 0.1) is 3.57 Å². The number of morpholine rings is 1. The number of pyridine rings is 2. The van der Waals surface area contributed by atoms with E-state index in [1.165, 1.54) is 0 Å². The van der Waals surface area contributed by atoms with E-state index in [0.717, 1.165) is 45.5 Å². The Bertz CT molecular complexity index is 893. The molecule has 152 valence electrons. The third-order valence-electron chi connectivity index (χ3n) is 3.82. The van der Waals surface area contributed by atoms with Crippen LogP contribution in [0.25, 0.3) is 0 Å². The molecule has 0 saturated carbocycles. The van der Waals surface area contributed by atoms with Crippen LogP contribution in [0.4, 0.5) is 5.69 Å². The highest BCUT2D eigenvalue weighted by atomic mass is 127. The van der Waals surface area contributed by atoms with Crippen molar-refractivity contribution in [2.45, 2.75) is 9.92 Å². The SMILES string of the molecule is Clc1cc(I)cc(Cl)n1.Clc1cc(N2CCOCC2)cc(Sc2ccccc2)n1. The molecule has 1 fully saturated rings. The number of rotatable bonds is 3. The molecule has 1 aliphatic heterocycles. The minimum absolute atomic E-state index is 0.437. The van der Waals surface area contributed by atoms with Gasteiger partial charge in [0.2, 0.25) is 0 Å². The van der Waals surface area contributed by atoms with E-state index in [4.69, 9.17) is 39.5 Å². The smallest absolute Gasteiger partial charge is 0.132 e. The molecule has 29 heavy (non-hydrogen) atoms. The Morgan fingerprint density at radius 1 is 0.862 bits per heavy atom. The van der Waals surface area contributed by atoms with Gasteiger partial charge in [-0.3, -0.25) is 0 Å². The molecule has 2 aromatic heterocycles. The number of aromatic nitrogens is 2. The Labute approximate surface area is 203 Å². The van der Waals surface area contributed by atoms with Crippen molar-refractivity contribution in [3.63, 3.8) is 0 Å². The summed E-state index contributed by atoms with van der Waals surface area (Å²) >= 11 is 21.0. The van der Waals surface area contributed by atoms with Crippen LogP contribution in [0.5, 0.6) is 0 Å². The fraction of sp³-hybridized carbons (Fsp3) is 0.200. The monoisotopic (exact) mass is 579 g/mol. The van der Waals surface area contributed by atoms with Crippen molar-refractivity contribution < 1.29 is 4.74 Å². The van der Waals surface area contributed by atoms with Gasteiger partial charge in [0, 0.05) is 27.2 Å². The van der Waals surface area contributed by atoms with Gasteiger partial charge in [-0.15, -0.1) is 0 Å². The van der Waals surface area contributed by atoms with Gasteiger partial charge in [0.1, 0.15) is 20.5 Å². The van der Waals surface area contributed by atoms with Gasteiger partial charge >= 0.3 is 0 Å². The van der Waals surface area contributed by atoms with Gasteiger partial charge in [-0.25, -0.2) is 9.97 Å². The highest BCUT2D eigenvalue weighted by Crippen LogP contribution is 2.30. The predicted molar refractivity (Wildman–Crippen MR) is 130 cm³/mol. The molecule has 0 atom stereocenters. The third-order valence-corrected chi connectivity index (χ3v) is 5.95. The van der Waals surface area contributed by atoms with Crippen molar-refractivity contribution in [2.75, 3.05) is 31.2 Å². The molecular weight excluding hydrogens is 564 g/mol. The molecule has 0 spiro atoms. The molecule has 1 aromatic carbocycles. The Kier molecular flexibility index (Phi) is 9.14. The van der Waals surface area contributed by atoms with Gasteiger partial charge in [0.25, 0.3) is 0 Å². The minimum Gasteiger partial charge on any atom is -0.378 e. The van der Waals surface area contributed by atoms with Crippen molar-refractivity contribution >= 4 is 74.8 Å². The summed E-state index contributed by atoms with van der Waals surface area (Å²) in [6, 6.07) is 17.7. The van der Waals surface area contributed by atoms with E-state index < -0.39 is 0 Å². The zero-order valence-corrected chi connectivity index (χ0v) is 20.4. The number of nitrogens with zero attached hydrogens (tertiary/aromatic N) is 3. The molecule has 0 radical (unpaired) electrons. The van der Waals surface area contributed by atoms with Gasteiger partial charge in [0.05, 0.1) is 13.2 Å². The molecule has 9 heteroatoms. The maximum atomic E-state index is 6.15. The molecule has 4 rings (SSSR count). The number of ether oxygens (including phenoxy) is 1. The van der Waals surface area contributed by atoms with Crippen molar-refractivity contribution in [3.8, 4) is 0 Å². The number of halogens is 4. The average molecular weight is 581 g/mol. The van der Waals surface area contributed by atoms with Crippen LogP contribution in [0.3, 0.4) is 0 Å². The summed E-state index contributed by atoms with van der Waals surface area (Å²) in [5.74, 6) is 0. The topological polar surface area (TPSA) is 38.2 Å². The van der Waals surface area contributed by atoms with Crippen molar-refractivity contribution in [3.05, 3.63) is 73.6 Å². The lowest BCUT2D eigenvalue weighted by atomic mass is 10.3. The zero-order chi connectivity index (χ0) is 20.6. The van der Waals surface area contributed by atoms with Gasteiger partial charge in [0.15, 0.2) is 0 Å². The zero-order valence-electron chi connectivity index (χ0n) is 15.2. The first-order valence-electron chi connectivity index (χ1n) is 8.71. The maximum Gasteiger partial charge on any atom is 0.132 e. The first-order chi connectivity index (χ1) is 14.0. The van der Waals surface area contributed by atoms with Crippen LogP contribution in [0.1, 0.15) is 0 Å². The quantitative estimate of drug-likeness (QED) is 0.254. The second-order valence-corrected chi connectivity index (χ2v) is 9.43. The molecule has 1 aliphatic rings. The second kappa shape index (κ2) is 11.6. The van der Waals surface area contributed by atoms with E-state index in [9.17, 15) is 0 Å². The molecule has 1 saturated heterocycles. The fourth-order valence-electron chi connectivity index (χ4n) is 2.56. The molecular formula is C20H17Cl3IN3OS. The van der Waals surface area contributed by atoms with E-state index in [2.05, 4.69) is 55.7 Å². The maximum absolute atomic E-state index is 6.15. The standard InChI is InChI=1S/C15H15ClN2OS.C5H2Cl2IN/c16-14-10-12(18-6-8-19-9-7-18)11-15(17-14)20-13-4-2-1-3-5-13;6-4-1-3(8)2-5(7)9-4/h1-5,10-11H,6-9H2;1-2H. The molecule has 0 aliphatic carbocycles. The molecule has 0 amide bonds. The summed E-state index contributed by atoms with van der Waals surface area (Å²) in [7, 11) is 0. The molecule has 0 bridgehead atoms. The van der Waals surface area contributed by atoms with E-state index in [1.807, 2.05) is 24.3 Å². The normalized spacial score (nSPS) is 13.6. The van der Waals surface area contributed by atoms with E-state index in [0.29, 0.717) is 15.5 Å². The highest BCUT2D eigenvalue weighted by Gasteiger charge is 2.13. The number of anilines is 1. The number of benzene rings is 1. The van der Waals surface area contributed by atoms with E-state index in [-0.39, 0.29) is 0 Å². The van der Waals surface area contributed by atoms with Crippen LogP contribution in [0.2, 0.25) is 15.5 Å². The molecule has 0 N–H and O–H groups in total. The summed E-state index contributed by atoms with van der Waals surface area (Å²) < 4.78 is 6.38. The van der Waals surface area contributed by atoms with Crippen molar-refractivity contribution in [1.29, 1.82) is 0 Å². The Balaban J connectivity index is 0.000000224. The largest absolute Gasteiger partial charge is 0.378 e. The van der Waals surface area contributed by atoms with Crippen LogP contribution in [-0.2, 0) is 4.74 Å². The van der Waals surface area contributed by atoms with Crippen molar-refractivity contribution in [1.82, 2.24) is 9.97 Å². The number of hydrogen-bond donors (Lipinski definition) is 0. The Hall–Kier alpha value is -0.770.